The Labute approximate surface area is 124 Å². The van der Waals surface area contributed by atoms with Crippen LogP contribution in [0, 0.1) is 17.7 Å². The third-order valence-corrected chi connectivity index (χ3v) is 4.58. The molecule has 0 saturated heterocycles. The van der Waals surface area contributed by atoms with Crippen LogP contribution in [0.5, 0.6) is 0 Å². The zero-order valence-electron chi connectivity index (χ0n) is 11.6. The molecule has 0 amide bonds. The lowest BCUT2D eigenvalue weighted by Crippen LogP contribution is -2.24. The molecule has 1 aliphatic carbocycles. The molecule has 0 aliphatic heterocycles. The summed E-state index contributed by atoms with van der Waals surface area (Å²) < 4.78 is 13.6. The number of nitrogens with one attached hydrogen (secondary N) is 1. The van der Waals surface area contributed by atoms with Gasteiger partial charge in [0.2, 0.25) is 0 Å². The number of hydrogen-bond donors (Lipinski definition) is 1. The lowest BCUT2D eigenvalue weighted by atomic mass is 9.95. The molecular formula is C15H20Cl2FN. The third kappa shape index (κ3) is 3.24. The van der Waals surface area contributed by atoms with E-state index in [0.717, 1.165) is 25.1 Å². The summed E-state index contributed by atoms with van der Waals surface area (Å²) in [6.45, 7) is 8.48. The molecule has 1 aromatic carbocycles. The first kappa shape index (κ1) is 15.1. The molecule has 1 fully saturated rings. The molecule has 4 heteroatoms. The van der Waals surface area contributed by atoms with Crippen LogP contribution in [0.25, 0.3) is 0 Å². The van der Waals surface area contributed by atoms with Crippen molar-refractivity contribution in [2.45, 2.75) is 32.6 Å². The lowest BCUT2D eigenvalue weighted by molar-refractivity contribution is 0.514. The van der Waals surface area contributed by atoms with Gasteiger partial charge in [0.05, 0.1) is 5.02 Å². The van der Waals surface area contributed by atoms with Gasteiger partial charge in [-0.2, -0.15) is 0 Å². The Morgan fingerprint density at radius 1 is 1.37 bits per heavy atom. The van der Waals surface area contributed by atoms with Crippen LogP contribution < -0.4 is 5.32 Å². The maximum atomic E-state index is 13.6. The summed E-state index contributed by atoms with van der Waals surface area (Å²) >= 11 is 11.9. The van der Waals surface area contributed by atoms with Crippen LogP contribution in [0.3, 0.4) is 0 Å². The van der Waals surface area contributed by atoms with Crippen molar-refractivity contribution < 1.29 is 4.39 Å². The van der Waals surface area contributed by atoms with Gasteiger partial charge in [-0.25, -0.2) is 4.39 Å². The van der Waals surface area contributed by atoms with Crippen LogP contribution in [0.4, 0.5) is 4.39 Å². The van der Waals surface area contributed by atoms with Crippen LogP contribution in [0.2, 0.25) is 10.0 Å². The molecule has 106 valence electrons. The Kier molecular flexibility index (Phi) is 4.44. The Hall–Kier alpha value is -0.310. The van der Waals surface area contributed by atoms with Gasteiger partial charge in [0.1, 0.15) is 5.82 Å². The van der Waals surface area contributed by atoms with Gasteiger partial charge >= 0.3 is 0 Å². The molecule has 1 nitrogen and oxygen atoms in total. The maximum Gasteiger partial charge on any atom is 0.142 e. The number of benzene rings is 1. The van der Waals surface area contributed by atoms with Gasteiger partial charge in [-0.3, -0.25) is 0 Å². The van der Waals surface area contributed by atoms with Gasteiger partial charge in [0, 0.05) is 5.02 Å². The lowest BCUT2D eigenvalue weighted by Gasteiger charge is -2.15. The van der Waals surface area contributed by atoms with Gasteiger partial charge in [0.25, 0.3) is 0 Å². The van der Waals surface area contributed by atoms with Crippen LogP contribution in [0.1, 0.15) is 32.8 Å². The Morgan fingerprint density at radius 3 is 2.68 bits per heavy atom. The first-order chi connectivity index (χ1) is 8.84. The Bertz CT molecular complexity index is 475. The zero-order valence-corrected chi connectivity index (χ0v) is 13.1. The Morgan fingerprint density at radius 2 is 2.05 bits per heavy atom. The van der Waals surface area contributed by atoms with Crippen molar-refractivity contribution in [3.8, 4) is 0 Å². The molecule has 19 heavy (non-hydrogen) atoms. The smallest absolute Gasteiger partial charge is 0.142 e. The van der Waals surface area contributed by atoms with Crippen molar-refractivity contribution in [3.63, 3.8) is 0 Å². The molecule has 2 rings (SSSR count). The highest BCUT2D eigenvalue weighted by Gasteiger charge is 2.51. The van der Waals surface area contributed by atoms with E-state index >= 15 is 0 Å². The average Bonchev–Trinajstić information content (AvgIpc) is 2.95. The second-order valence-corrected chi connectivity index (χ2v) is 6.93. The van der Waals surface area contributed by atoms with Crippen molar-refractivity contribution in [1.29, 1.82) is 0 Å². The molecule has 1 N–H and O–H groups in total. The summed E-state index contributed by atoms with van der Waals surface area (Å²) in [4.78, 5) is 0. The third-order valence-electron chi connectivity index (χ3n) is 3.98. The molecule has 1 aliphatic rings. The normalized spacial score (nSPS) is 25.9. The van der Waals surface area contributed by atoms with Crippen molar-refractivity contribution >= 4 is 23.2 Å². The predicted octanol–water partition coefficient (Wildman–Crippen LogP) is 4.66. The molecule has 1 saturated carbocycles. The van der Waals surface area contributed by atoms with Crippen LogP contribution in [-0.2, 0) is 5.41 Å². The van der Waals surface area contributed by atoms with E-state index < -0.39 is 0 Å². The van der Waals surface area contributed by atoms with Gasteiger partial charge in [-0.1, -0.05) is 44.0 Å². The van der Waals surface area contributed by atoms with Crippen molar-refractivity contribution in [3.05, 3.63) is 33.6 Å². The fraction of sp³-hybridized carbons (Fsp3) is 0.600. The summed E-state index contributed by atoms with van der Waals surface area (Å²) in [5, 5.41) is 4.11. The minimum Gasteiger partial charge on any atom is -0.316 e. The highest BCUT2D eigenvalue weighted by atomic mass is 35.5. The largest absolute Gasteiger partial charge is 0.316 e. The minimum absolute atomic E-state index is 0.0213. The van der Waals surface area contributed by atoms with E-state index in [1.54, 1.807) is 0 Å². The van der Waals surface area contributed by atoms with Crippen LogP contribution in [-0.4, -0.2) is 13.1 Å². The molecule has 2 unspecified atom stereocenters. The first-order valence-corrected chi connectivity index (χ1v) is 7.46. The van der Waals surface area contributed by atoms with Crippen LogP contribution in [0.15, 0.2) is 12.1 Å². The summed E-state index contributed by atoms with van der Waals surface area (Å²) in [7, 11) is 0. The molecule has 0 bridgehead atoms. The van der Waals surface area contributed by atoms with Crippen molar-refractivity contribution in [2.24, 2.45) is 11.8 Å². The van der Waals surface area contributed by atoms with Gasteiger partial charge < -0.3 is 5.32 Å². The first-order valence-electron chi connectivity index (χ1n) is 6.70. The minimum atomic E-state index is -0.386. The SMILES string of the molecule is CC(C)CNCC1CC1(C)c1cc(F)c(Cl)cc1Cl. The van der Waals surface area contributed by atoms with Crippen molar-refractivity contribution in [2.75, 3.05) is 13.1 Å². The van der Waals surface area contributed by atoms with E-state index in [1.165, 1.54) is 12.1 Å². The number of hydrogen-bond acceptors (Lipinski definition) is 1. The van der Waals surface area contributed by atoms with E-state index in [9.17, 15) is 4.39 Å². The van der Waals surface area contributed by atoms with Gasteiger partial charge in [0.15, 0.2) is 0 Å². The number of rotatable bonds is 5. The second kappa shape index (κ2) is 5.59. The van der Waals surface area contributed by atoms with E-state index in [0.29, 0.717) is 16.9 Å². The van der Waals surface area contributed by atoms with E-state index in [-0.39, 0.29) is 16.3 Å². The van der Waals surface area contributed by atoms with Crippen molar-refractivity contribution in [1.82, 2.24) is 5.32 Å². The molecule has 0 aromatic heterocycles. The molecule has 1 aromatic rings. The summed E-state index contributed by atoms with van der Waals surface area (Å²) in [6.07, 6.45) is 1.04. The monoisotopic (exact) mass is 303 g/mol. The summed E-state index contributed by atoms with van der Waals surface area (Å²) in [5.41, 5.74) is 0.861. The fourth-order valence-corrected chi connectivity index (χ4v) is 3.19. The topological polar surface area (TPSA) is 12.0 Å². The predicted molar refractivity (Wildman–Crippen MR) is 79.6 cm³/mol. The maximum absolute atomic E-state index is 13.6. The zero-order chi connectivity index (χ0) is 14.2. The highest BCUT2D eigenvalue weighted by Crippen LogP contribution is 2.55. The standard InChI is InChI=1S/C15H20Cl2FN/c1-9(2)7-19-8-10-6-15(10,3)11-4-14(18)13(17)5-12(11)16/h4-5,9-10,19H,6-8H2,1-3H3. The van der Waals surface area contributed by atoms with E-state index in [4.69, 9.17) is 23.2 Å². The van der Waals surface area contributed by atoms with E-state index in [2.05, 4.69) is 26.1 Å². The molecule has 0 radical (unpaired) electrons. The second-order valence-electron chi connectivity index (χ2n) is 6.12. The highest BCUT2D eigenvalue weighted by molar-refractivity contribution is 6.35. The molecule has 2 atom stereocenters. The average molecular weight is 304 g/mol. The molecule has 0 heterocycles. The fourth-order valence-electron chi connectivity index (χ4n) is 2.59. The quantitative estimate of drug-likeness (QED) is 0.780. The van der Waals surface area contributed by atoms with E-state index in [1.807, 2.05) is 0 Å². The summed E-state index contributed by atoms with van der Waals surface area (Å²) in [5.74, 6) is 0.772. The molecule has 0 spiro atoms. The van der Waals surface area contributed by atoms with Gasteiger partial charge in [-0.15, -0.1) is 0 Å². The summed E-state index contributed by atoms with van der Waals surface area (Å²) in [6, 6.07) is 3.00. The van der Waals surface area contributed by atoms with Gasteiger partial charge in [-0.05, 0) is 54.5 Å². The van der Waals surface area contributed by atoms with Crippen LogP contribution >= 0.6 is 23.2 Å². The Balaban J connectivity index is 2.05. The molecular weight excluding hydrogens is 284 g/mol. The number of halogens is 3.